The molecule has 1 aliphatic carbocycles. The normalized spacial score (nSPS) is 27.0. The molecule has 0 radical (unpaired) electrons. The van der Waals surface area contributed by atoms with Crippen molar-refractivity contribution in [3.8, 4) is 0 Å². The van der Waals surface area contributed by atoms with E-state index < -0.39 is 12.2 Å². The van der Waals surface area contributed by atoms with Crippen LogP contribution in [0.3, 0.4) is 0 Å². The van der Waals surface area contributed by atoms with Crippen LogP contribution in [0.5, 0.6) is 0 Å². The highest BCUT2D eigenvalue weighted by molar-refractivity contribution is 14.1. The zero-order valence-corrected chi connectivity index (χ0v) is 9.23. The molecule has 0 bridgehead atoms. The fraction of sp³-hybridized carbons (Fsp3) is 0.400. The zero-order valence-electron chi connectivity index (χ0n) is 7.07. The zero-order chi connectivity index (χ0) is 9.42. The van der Waals surface area contributed by atoms with E-state index in [1.54, 1.807) is 0 Å². The van der Waals surface area contributed by atoms with Gasteiger partial charge in [0.15, 0.2) is 0 Å². The maximum Gasteiger partial charge on any atom is 0.105 e. The molecule has 2 atom stereocenters. The first-order valence-corrected chi connectivity index (χ1v) is 5.41. The Morgan fingerprint density at radius 1 is 1.31 bits per heavy atom. The minimum atomic E-state index is -0.696. The van der Waals surface area contributed by atoms with E-state index in [9.17, 15) is 10.2 Å². The lowest BCUT2D eigenvalue weighted by molar-refractivity contribution is 0.00636. The number of aliphatic hydroxyl groups excluding tert-OH is 2. The van der Waals surface area contributed by atoms with Gasteiger partial charge in [0.25, 0.3) is 0 Å². The molecular formula is C10H11IO2. The Labute approximate surface area is 90.7 Å². The van der Waals surface area contributed by atoms with Gasteiger partial charge in [0.2, 0.25) is 0 Å². The van der Waals surface area contributed by atoms with Crippen molar-refractivity contribution < 1.29 is 10.2 Å². The predicted octanol–water partition coefficient (Wildman–Crippen LogP) is 1.63. The van der Waals surface area contributed by atoms with Crippen molar-refractivity contribution in [2.24, 2.45) is 0 Å². The second-order valence-corrected chi connectivity index (χ2v) is 4.52. The Balaban J connectivity index is 2.49. The van der Waals surface area contributed by atoms with Gasteiger partial charge in [0, 0.05) is 3.57 Å². The average Bonchev–Trinajstić information content (AvgIpc) is 2.12. The van der Waals surface area contributed by atoms with E-state index in [0.717, 1.165) is 12.0 Å². The molecule has 3 heteroatoms. The third-order valence-corrected chi connectivity index (χ3v) is 3.54. The summed E-state index contributed by atoms with van der Waals surface area (Å²) in [5.74, 6) is 0. The van der Waals surface area contributed by atoms with Crippen LogP contribution in [0.15, 0.2) is 18.2 Å². The van der Waals surface area contributed by atoms with Crippen molar-refractivity contribution in [2.45, 2.75) is 25.0 Å². The maximum atomic E-state index is 9.70. The van der Waals surface area contributed by atoms with E-state index in [-0.39, 0.29) is 0 Å². The predicted molar refractivity (Wildman–Crippen MR) is 58.4 cm³/mol. The molecule has 0 aromatic heterocycles. The summed E-state index contributed by atoms with van der Waals surface area (Å²) in [4.78, 5) is 0. The molecule has 2 N–H and O–H groups in total. The molecule has 0 saturated carbocycles. The molecule has 13 heavy (non-hydrogen) atoms. The topological polar surface area (TPSA) is 40.5 Å². The number of benzene rings is 1. The first kappa shape index (κ1) is 9.43. The van der Waals surface area contributed by atoms with E-state index in [1.165, 1.54) is 9.13 Å². The van der Waals surface area contributed by atoms with Crippen LogP contribution in [0, 0.1) is 3.57 Å². The highest BCUT2D eigenvalue weighted by Crippen LogP contribution is 2.32. The van der Waals surface area contributed by atoms with E-state index in [1.807, 2.05) is 18.2 Å². The lowest BCUT2D eigenvalue weighted by atomic mass is 9.88. The summed E-state index contributed by atoms with van der Waals surface area (Å²) in [6.45, 7) is 0. The quantitative estimate of drug-likeness (QED) is 0.713. The van der Waals surface area contributed by atoms with Gasteiger partial charge >= 0.3 is 0 Å². The summed E-state index contributed by atoms with van der Waals surface area (Å²) in [5.41, 5.74) is 2.09. The summed E-state index contributed by atoms with van der Waals surface area (Å²) in [6.07, 6.45) is 0.241. The SMILES string of the molecule is OC1c2cccc(I)c2CC[C@H]1O. The molecule has 2 rings (SSSR count). The fourth-order valence-electron chi connectivity index (χ4n) is 1.77. The molecule has 0 amide bonds. The molecular weight excluding hydrogens is 279 g/mol. The lowest BCUT2D eigenvalue weighted by Crippen LogP contribution is -2.25. The molecule has 1 aromatic rings. The standard InChI is InChI=1S/C10H11IO2/c11-8-3-1-2-7-6(8)4-5-9(12)10(7)13/h1-3,9-10,12-13H,4-5H2/t9-,10?/m1/s1. The minimum Gasteiger partial charge on any atom is -0.390 e. The first-order valence-electron chi connectivity index (χ1n) is 4.33. The summed E-state index contributed by atoms with van der Waals surface area (Å²) >= 11 is 2.27. The van der Waals surface area contributed by atoms with E-state index in [2.05, 4.69) is 22.6 Å². The van der Waals surface area contributed by atoms with E-state index in [0.29, 0.717) is 6.42 Å². The van der Waals surface area contributed by atoms with Gasteiger partial charge in [-0.25, -0.2) is 0 Å². The second-order valence-electron chi connectivity index (χ2n) is 3.36. The van der Waals surface area contributed by atoms with Crippen LogP contribution in [0.1, 0.15) is 23.7 Å². The van der Waals surface area contributed by atoms with Gasteiger partial charge in [-0.05, 0) is 52.6 Å². The Kier molecular flexibility index (Phi) is 2.58. The number of halogens is 1. The first-order chi connectivity index (χ1) is 6.20. The average molecular weight is 290 g/mol. The van der Waals surface area contributed by atoms with Crippen molar-refractivity contribution in [3.63, 3.8) is 0 Å². The second kappa shape index (κ2) is 3.55. The van der Waals surface area contributed by atoms with Gasteiger partial charge in [-0.2, -0.15) is 0 Å². The molecule has 0 aliphatic heterocycles. The lowest BCUT2D eigenvalue weighted by Gasteiger charge is -2.26. The van der Waals surface area contributed by atoms with Crippen LogP contribution < -0.4 is 0 Å². The molecule has 0 fully saturated rings. The van der Waals surface area contributed by atoms with Gasteiger partial charge in [-0.3, -0.25) is 0 Å². The van der Waals surface area contributed by atoms with Gasteiger partial charge < -0.3 is 10.2 Å². The monoisotopic (exact) mass is 290 g/mol. The van der Waals surface area contributed by atoms with Crippen LogP contribution >= 0.6 is 22.6 Å². The summed E-state index contributed by atoms with van der Waals surface area (Å²) in [7, 11) is 0. The highest BCUT2D eigenvalue weighted by Gasteiger charge is 2.26. The van der Waals surface area contributed by atoms with Crippen molar-refractivity contribution in [3.05, 3.63) is 32.9 Å². The van der Waals surface area contributed by atoms with Gasteiger partial charge in [0.05, 0.1) is 6.10 Å². The van der Waals surface area contributed by atoms with Gasteiger partial charge in [-0.15, -0.1) is 0 Å². The highest BCUT2D eigenvalue weighted by atomic mass is 127. The third kappa shape index (κ3) is 1.60. The maximum absolute atomic E-state index is 9.70. The van der Waals surface area contributed by atoms with E-state index >= 15 is 0 Å². The van der Waals surface area contributed by atoms with Crippen LogP contribution in [-0.4, -0.2) is 16.3 Å². The molecule has 1 unspecified atom stereocenters. The van der Waals surface area contributed by atoms with Crippen molar-refractivity contribution in [2.75, 3.05) is 0 Å². The Bertz CT molecular complexity index is 325. The molecule has 0 spiro atoms. The molecule has 70 valence electrons. The molecule has 1 aliphatic rings. The van der Waals surface area contributed by atoms with Gasteiger partial charge in [0.1, 0.15) is 6.10 Å². The van der Waals surface area contributed by atoms with Crippen molar-refractivity contribution in [1.29, 1.82) is 0 Å². The molecule has 2 nitrogen and oxygen atoms in total. The van der Waals surface area contributed by atoms with Crippen molar-refractivity contribution in [1.82, 2.24) is 0 Å². The van der Waals surface area contributed by atoms with Crippen LogP contribution in [-0.2, 0) is 6.42 Å². The molecule has 1 aromatic carbocycles. The number of fused-ring (bicyclic) bond motifs is 1. The van der Waals surface area contributed by atoms with Gasteiger partial charge in [-0.1, -0.05) is 12.1 Å². The summed E-state index contributed by atoms with van der Waals surface area (Å²) < 4.78 is 1.18. The third-order valence-electron chi connectivity index (χ3n) is 2.53. The largest absolute Gasteiger partial charge is 0.390 e. The molecule has 0 saturated heterocycles. The van der Waals surface area contributed by atoms with Crippen molar-refractivity contribution >= 4 is 22.6 Å². The molecule has 0 heterocycles. The minimum absolute atomic E-state index is 0.592. The number of hydrogen-bond acceptors (Lipinski definition) is 2. The Morgan fingerprint density at radius 3 is 2.85 bits per heavy atom. The number of hydrogen-bond donors (Lipinski definition) is 2. The fourth-order valence-corrected chi connectivity index (χ4v) is 2.56. The summed E-state index contributed by atoms with van der Waals surface area (Å²) in [5, 5.41) is 19.2. The Morgan fingerprint density at radius 2 is 2.08 bits per heavy atom. The summed E-state index contributed by atoms with van der Waals surface area (Å²) in [6, 6.07) is 5.84. The van der Waals surface area contributed by atoms with E-state index in [4.69, 9.17) is 0 Å². The Hall–Kier alpha value is -0.130. The number of aliphatic hydroxyl groups is 2. The van der Waals surface area contributed by atoms with Crippen LogP contribution in [0.4, 0.5) is 0 Å². The smallest absolute Gasteiger partial charge is 0.105 e. The van der Waals surface area contributed by atoms with Crippen LogP contribution in [0.2, 0.25) is 0 Å². The van der Waals surface area contributed by atoms with Crippen LogP contribution in [0.25, 0.3) is 0 Å². The number of rotatable bonds is 0.